The lowest BCUT2D eigenvalue weighted by Crippen LogP contribution is -2.20. The Kier molecular flexibility index (Phi) is 5.00. The summed E-state index contributed by atoms with van der Waals surface area (Å²) >= 11 is 0. The van der Waals surface area contributed by atoms with Gasteiger partial charge < -0.3 is 19.4 Å². The number of methoxy groups -OCH3 is 1. The van der Waals surface area contributed by atoms with Crippen molar-refractivity contribution in [1.82, 2.24) is 19.7 Å². The average molecular weight is 413 g/mol. The lowest BCUT2D eigenvalue weighted by Gasteiger charge is -2.26. The molecule has 0 saturated carbocycles. The molecule has 1 atom stereocenters. The molecule has 0 bridgehead atoms. The zero-order valence-electron chi connectivity index (χ0n) is 17.4. The molecule has 4 aromatic rings. The van der Waals surface area contributed by atoms with E-state index in [-0.39, 0.29) is 6.04 Å². The van der Waals surface area contributed by atoms with Gasteiger partial charge in [0.1, 0.15) is 17.3 Å². The molecule has 0 unspecified atom stereocenters. The molecule has 1 aliphatic rings. The Balaban J connectivity index is 1.37. The molecule has 5 rings (SSSR count). The normalized spacial score (nSPS) is 15.1. The van der Waals surface area contributed by atoms with E-state index in [4.69, 9.17) is 9.47 Å². The summed E-state index contributed by atoms with van der Waals surface area (Å²) in [6.45, 7) is 2.64. The molecule has 1 aliphatic heterocycles. The number of nitrogens with one attached hydrogen (secondary N) is 1. The van der Waals surface area contributed by atoms with Gasteiger partial charge >= 0.3 is 0 Å². The van der Waals surface area contributed by atoms with Crippen molar-refractivity contribution >= 4 is 5.82 Å². The predicted octanol–water partition coefficient (Wildman–Crippen LogP) is 4.58. The molecule has 31 heavy (non-hydrogen) atoms. The van der Waals surface area contributed by atoms with E-state index in [0.29, 0.717) is 6.61 Å². The lowest BCUT2D eigenvalue weighted by atomic mass is 10.0. The maximum atomic E-state index is 5.74. The first kappa shape index (κ1) is 19.1. The summed E-state index contributed by atoms with van der Waals surface area (Å²) in [4.78, 5) is 4.29. The Morgan fingerprint density at radius 2 is 2.00 bits per heavy atom. The topological polar surface area (TPSA) is 74.1 Å². The smallest absolute Gasteiger partial charge is 0.149 e. The van der Waals surface area contributed by atoms with Gasteiger partial charge in [-0.05, 0) is 37.3 Å². The van der Waals surface area contributed by atoms with E-state index in [0.717, 1.165) is 51.9 Å². The monoisotopic (exact) mass is 413 g/mol. The number of ether oxygens (including phenoxy) is 2. The van der Waals surface area contributed by atoms with Crippen molar-refractivity contribution in [2.45, 2.75) is 19.4 Å². The number of nitrogens with zero attached hydrogens (tertiary/aromatic N) is 4. The lowest BCUT2D eigenvalue weighted by molar-refractivity contribution is 0.274. The first-order chi connectivity index (χ1) is 15.2. The molecule has 0 aliphatic carbocycles. The van der Waals surface area contributed by atoms with Crippen molar-refractivity contribution in [3.63, 3.8) is 0 Å². The molecule has 7 heteroatoms. The maximum Gasteiger partial charge on any atom is 0.149 e. The van der Waals surface area contributed by atoms with Gasteiger partial charge in [0.05, 0.1) is 43.2 Å². The molecule has 156 valence electrons. The van der Waals surface area contributed by atoms with Crippen LogP contribution in [0.2, 0.25) is 0 Å². The third-order valence-electron chi connectivity index (χ3n) is 5.41. The zero-order valence-corrected chi connectivity index (χ0v) is 17.4. The zero-order chi connectivity index (χ0) is 21.2. The van der Waals surface area contributed by atoms with Crippen LogP contribution in [0.4, 0.5) is 5.82 Å². The number of hydrogen-bond acceptors (Lipinski definition) is 6. The Bertz CT molecular complexity index is 1200. The van der Waals surface area contributed by atoms with Crippen LogP contribution in [0.25, 0.3) is 16.9 Å². The fraction of sp³-hybridized carbons (Fsp3) is 0.208. The Morgan fingerprint density at radius 1 is 1.10 bits per heavy atom. The number of aryl methyl sites for hydroxylation is 1. The minimum atomic E-state index is 0.156. The Labute approximate surface area is 180 Å². The van der Waals surface area contributed by atoms with Gasteiger partial charge in [0.15, 0.2) is 0 Å². The van der Waals surface area contributed by atoms with E-state index >= 15 is 0 Å². The van der Waals surface area contributed by atoms with Gasteiger partial charge in [-0.25, -0.2) is 4.98 Å². The second-order valence-corrected chi connectivity index (χ2v) is 7.48. The molecular weight excluding hydrogens is 390 g/mol. The highest BCUT2D eigenvalue weighted by atomic mass is 16.5. The summed E-state index contributed by atoms with van der Waals surface area (Å²) in [6.07, 6.45) is 4.63. The third kappa shape index (κ3) is 3.82. The van der Waals surface area contributed by atoms with Gasteiger partial charge in [-0.15, -0.1) is 10.2 Å². The number of rotatable bonds is 5. The van der Waals surface area contributed by atoms with E-state index in [1.54, 1.807) is 13.4 Å². The second kappa shape index (κ2) is 8.10. The van der Waals surface area contributed by atoms with Gasteiger partial charge in [0, 0.05) is 23.7 Å². The minimum absolute atomic E-state index is 0.156. The SMILES string of the molecule is COc1cc(-c2ccc(N[C@@H]3CCOc4ccccc43)nn2)ccc1-n1cnc(C)c1. The van der Waals surface area contributed by atoms with E-state index in [1.165, 1.54) is 0 Å². The fourth-order valence-corrected chi connectivity index (χ4v) is 3.84. The Hall–Kier alpha value is -3.87. The van der Waals surface area contributed by atoms with Crippen LogP contribution in [0, 0.1) is 6.92 Å². The summed E-state index contributed by atoms with van der Waals surface area (Å²) < 4.78 is 13.3. The molecule has 0 fully saturated rings. The summed E-state index contributed by atoms with van der Waals surface area (Å²) in [6, 6.07) is 18.2. The van der Waals surface area contributed by atoms with Gasteiger partial charge in [0.25, 0.3) is 0 Å². The summed E-state index contributed by atoms with van der Waals surface area (Å²) in [7, 11) is 1.66. The third-order valence-corrected chi connectivity index (χ3v) is 5.41. The molecule has 0 radical (unpaired) electrons. The molecule has 0 amide bonds. The van der Waals surface area contributed by atoms with E-state index in [9.17, 15) is 0 Å². The number of imidazole rings is 1. The molecule has 3 heterocycles. The van der Waals surface area contributed by atoms with Gasteiger partial charge in [-0.2, -0.15) is 0 Å². The largest absolute Gasteiger partial charge is 0.495 e. The number of aromatic nitrogens is 4. The van der Waals surface area contributed by atoms with E-state index in [1.807, 2.05) is 66.2 Å². The van der Waals surface area contributed by atoms with Crippen LogP contribution in [0.3, 0.4) is 0 Å². The van der Waals surface area contributed by atoms with Crippen molar-refractivity contribution < 1.29 is 9.47 Å². The standard InChI is InChI=1S/C24H23N5O2/c1-16-14-29(15-25-16)21-9-7-17(13-23(21)30-2)19-8-10-24(28-27-19)26-20-11-12-31-22-6-4-3-5-18(20)22/h3-10,13-15,20H,11-12H2,1-2H3,(H,26,28)/t20-/m1/s1. The molecule has 7 nitrogen and oxygen atoms in total. The first-order valence-electron chi connectivity index (χ1n) is 10.2. The van der Waals surface area contributed by atoms with Crippen molar-refractivity contribution in [1.29, 1.82) is 0 Å². The van der Waals surface area contributed by atoms with Crippen LogP contribution in [-0.4, -0.2) is 33.5 Å². The quantitative estimate of drug-likeness (QED) is 0.516. The van der Waals surface area contributed by atoms with Crippen LogP contribution < -0.4 is 14.8 Å². The van der Waals surface area contributed by atoms with Crippen molar-refractivity contribution in [2.75, 3.05) is 19.0 Å². The Morgan fingerprint density at radius 3 is 2.77 bits per heavy atom. The van der Waals surface area contributed by atoms with E-state index < -0.39 is 0 Å². The number of fused-ring (bicyclic) bond motifs is 1. The van der Waals surface area contributed by atoms with Crippen molar-refractivity contribution in [3.05, 3.63) is 78.4 Å². The first-order valence-corrected chi connectivity index (χ1v) is 10.2. The maximum absolute atomic E-state index is 5.74. The molecule has 2 aromatic heterocycles. The summed E-state index contributed by atoms with van der Waals surface area (Å²) in [5.41, 5.74) is 4.75. The van der Waals surface area contributed by atoms with Crippen LogP contribution in [0.1, 0.15) is 23.7 Å². The van der Waals surface area contributed by atoms with Crippen molar-refractivity contribution in [2.24, 2.45) is 0 Å². The van der Waals surface area contributed by atoms with Gasteiger partial charge in [-0.1, -0.05) is 24.3 Å². The molecule has 0 saturated heterocycles. The van der Waals surface area contributed by atoms with E-state index in [2.05, 4.69) is 26.6 Å². The van der Waals surface area contributed by atoms with Crippen LogP contribution >= 0.6 is 0 Å². The van der Waals surface area contributed by atoms with Crippen LogP contribution in [0.15, 0.2) is 67.1 Å². The molecular formula is C24H23N5O2. The number of hydrogen-bond donors (Lipinski definition) is 1. The second-order valence-electron chi connectivity index (χ2n) is 7.48. The molecule has 1 N–H and O–H groups in total. The van der Waals surface area contributed by atoms with Crippen LogP contribution in [-0.2, 0) is 0 Å². The molecule has 2 aromatic carbocycles. The number of anilines is 1. The van der Waals surface area contributed by atoms with Crippen molar-refractivity contribution in [3.8, 4) is 28.4 Å². The highest BCUT2D eigenvalue weighted by Gasteiger charge is 2.21. The summed E-state index contributed by atoms with van der Waals surface area (Å²) in [5, 5.41) is 12.3. The fourth-order valence-electron chi connectivity index (χ4n) is 3.84. The minimum Gasteiger partial charge on any atom is -0.495 e. The van der Waals surface area contributed by atoms with Gasteiger partial charge in [0.2, 0.25) is 0 Å². The number of para-hydroxylation sites is 1. The average Bonchev–Trinajstić information content (AvgIpc) is 3.25. The van der Waals surface area contributed by atoms with Gasteiger partial charge in [-0.3, -0.25) is 0 Å². The van der Waals surface area contributed by atoms with Crippen LogP contribution in [0.5, 0.6) is 11.5 Å². The number of benzene rings is 2. The predicted molar refractivity (Wildman–Crippen MR) is 119 cm³/mol. The highest BCUT2D eigenvalue weighted by molar-refractivity contribution is 5.66. The summed E-state index contributed by atoms with van der Waals surface area (Å²) in [5.74, 6) is 2.41. The molecule has 0 spiro atoms. The highest BCUT2D eigenvalue weighted by Crippen LogP contribution is 2.34.